The lowest BCUT2D eigenvalue weighted by molar-refractivity contribution is -0.138. The molecule has 0 aliphatic carbocycles. The Morgan fingerprint density at radius 2 is 1.90 bits per heavy atom. The quantitative estimate of drug-likeness (QED) is 0.869. The number of hydrogen-bond donors (Lipinski definition) is 1. The summed E-state index contributed by atoms with van der Waals surface area (Å²) in [5.74, 6) is 0. The van der Waals surface area contributed by atoms with Gasteiger partial charge in [-0.15, -0.1) is 0 Å². The fraction of sp³-hybridized carbons (Fsp3) is 0.471. The Morgan fingerprint density at radius 3 is 2.67 bits per heavy atom. The van der Waals surface area contributed by atoms with Crippen molar-refractivity contribution in [1.29, 1.82) is 0 Å². The summed E-state index contributed by atoms with van der Waals surface area (Å²) >= 11 is 0. The van der Waals surface area contributed by atoms with E-state index in [2.05, 4.69) is 29.1 Å². The van der Waals surface area contributed by atoms with Gasteiger partial charge in [0.15, 0.2) is 0 Å². The summed E-state index contributed by atoms with van der Waals surface area (Å²) < 4.78 is 5.65. The molecule has 2 aromatic rings. The molecule has 0 spiro atoms. The molecular weight excluding hydrogens is 264 g/mol. The Kier molecular flexibility index (Phi) is 2.99. The number of ether oxygens (including phenoxy) is 1. The van der Waals surface area contributed by atoms with E-state index in [-0.39, 0.29) is 12.1 Å². The summed E-state index contributed by atoms with van der Waals surface area (Å²) in [5, 5.41) is 13.5. The number of benzene rings is 1. The monoisotopic (exact) mass is 284 g/mol. The lowest BCUT2D eigenvalue weighted by Crippen LogP contribution is -2.59. The first kappa shape index (κ1) is 13.2. The van der Waals surface area contributed by atoms with E-state index in [1.807, 2.05) is 18.2 Å². The molecule has 0 amide bonds. The third-order valence-corrected chi connectivity index (χ3v) is 5.03. The number of fused-ring (bicyclic) bond motifs is 3. The third kappa shape index (κ3) is 2.06. The van der Waals surface area contributed by atoms with Crippen LogP contribution in [0.4, 0.5) is 0 Å². The zero-order valence-corrected chi connectivity index (χ0v) is 12.2. The van der Waals surface area contributed by atoms with Gasteiger partial charge in [0.25, 0.3) is 0 Å². The van der Waals surface area contributed by atoms with Crippen LogP contribution in [-0.2, 0) is 10.3 Å². The van der Waals surface area contributed by atoms with Gasteiger partial charge in [-0.3, -0.25) is 9.88 Å². The van der Waals surface area contributed by atoms with Crippen molar-refractivity contribution in [3.8, 4) is 0 Å². The fourth-order valence-corrected chi connectivity index (χ4v) is 3.83. The molecule has 2 unspecified atom stereocenters. The third-order valence-electron chi connectivity index (χ3n) is 5.03. The predicted octanol–water partition coefficient (Wildman–Crippen LogP) is 1.92. The second-order valence-electron chi connectivity index (χ2n) is 6.33. The first-order valence-electron chi connectivity index (χ1n) is 7.54. The maximum atomic E-state index is 11.3. The molecular formula is C17H20N2O2. The van der Waals surface area contributed by atoms with Crippen LogP contribution in [0.25, 0.3) is 10.8 Å². The highest BCUT2D eigenvalue weighted by molar-refractivity contribution is 5.85. The molecule has 1 aromatic carbocycles. The Hall–Kier alpha value is -1.49. The topological polar surface area (TPSA) is 45.6 Å². The van der Waals surface area contributed by atoms with Crippen molar-refractivity contribution in [2.75, 3.05) is 20.3 Å². The number of piperidine rings is 1. The van der Waals surface area contributed by atoms with Gasteiger partial charge in [-0.25, -0.2) is 0 Å². The van der Waals surface area contributed by atoms with Gasteiger partial charge in [-0.2, -0.15) is 0 Å². The van der Waals surface area contributed by atoms with Gasteiger partial charge in [0.1, 0.15) is 5.60 Å². The van der Waals surface area contributed by atoms with E-state index in [9.17, 15) is 5.11 Å². The summed E-state index contributed by atoms with van der Waals surface area (Å²) in [4.78, 5) is 6.90. The summed E-state index contributed by atoms with van der Waals surface area (Å²) in [6, 6.07) is 10.7. The summed E-state index contributed by atoms with van der Waals surface area (Å²) in [5.41, 5.74) is -0.0300. The summed E-state index contributed by atoms with van der Waals surface area (Å²) in [6.07, 6.45) is 3.17. The van der Waals surface area contributed by atoms with Crippen LogP contribution in [0.1, 0.15) is 18.5 Å². The summed E-state index contributed by atoms with van der Waals surface area (Å²) in [6.45, 7) is 1.39. The SMILES string of the molecule is CN1C2COCC1CC(O)(c1nccc3ccccc13)C2. The average Bonchev–Trinajstić information content (AvgIpc) is 2.48. The van der Waals surface area contributed by atoms with Crippen molar-refractivity contribution < 1.29 is 9.84 Å². The molecule has 3 heterocycles. The average molecular weight is 284 g/mol. The van der Waals surface area contributed by atoms with Gasteiger partial charge in [-0.1, -0.05) is 24.3 Å². The number of pyridine rings is 1. The van der Waals surface area contributed by atoms with E-state index in [1.165, 1.54) is 0 Å². The van der Waals surface area contributed by atoms with Gasteiger partial charge in [0, 0.05) is 23.7 Å². The van der Waals surface area contributed by atoms with E-state index in [0.717, 1.165) is 16.5 Å². The normalized spacial score (nSPS) is 33.2. The van der Waals surface area contributed by atoms with Crippen LogP contribution in [0.2, 0.25) is 0 Å². The molecule has 0 saturated carbocycles. The van der Waals surface area contributed by atoms with Gasteiger partial charge in [0.05, 0.1) is 18.9 Å². The van der Waals surface area contributed by atoms with Crippen molar-refractivity contribution >= 4 is 10.8 Å². The van der Waals surface area contributed by atoms with E-state index in [0.29, 0.717) is 26.1 Å². The highest BCUT2D eigenvalue weighted by Gasteiger charge is 2.46. The molecule has 2 aliphatic heterocycles. The first-order valence-corrected chi connectivity index (χ1v) is 7.54. The largest absolute Gasteiger partial charge is 0.383 e. The van der Waals surface area contributed by atoms with Crippen molar-refractivity contribution in [3.63, 3.8) is 0 Å². The van der Waals surface area contributed by atoms with Gasteiger partial charge < -0.3 is 9.84 Å². The lowest BCUT2D eigenvalue weighted by atomic mass is 9.78. The van der Waals surface area contributed by atoms with Crippen LogP contribution in [0.15, 0.2) is 36.5 Å². The number of hydrogen-bond acceptors (Lipinski definition) is 4. The van der Waals surface area contributed by atoms with Crippen LogP contribution in [0.5, 0.6) is 0 Å². The van der Waals surface area contributed by atoms with Crippen molar-refractivity contribution in [2.45, 2.75) is 30.5 Å². The maximum absolute atomic E-state index is 11.3. The molecule has 2 bridgehead atoms. The minimum absolute atomic E-state index is 0.267. The molecule has 1 N–H and O–H groups in total. The van der Waals surface area contributed by atoms with Crippen LogP contribution in [0.3, 0.4) is 0 Å². The second kappa shape index (κ2) is 4.77. The van der Waals surface area contributed by atoms with Crippen molar-refractivity contribution in [2.24, 2.45) is 0 Å². The van der Waals surface area contributed by atoms with Crippen LogP contribution in [-0.4, -0.2) is 47.3 Å². The van der Waals surface area contributed by atoms with Gasteiger partial charge >= 0.3 is 0 Å². The Labute approximate surface area is 124 Å². The molecule has 2 saturated heterocycles. The number of nitrogens with zero attached hydrogens (tertiary/aromatic N) is 2. The Morgan fingerprint density at radius 1 is 1.19 bits per heavy atom. The fourth-order valence-electron chi connectivity index (χ4n) is 3.83. The highest BCUT2D eigenvalue weighted by atomic mass is 16.5. The van der Waals surface area contributed by atoms with E-state index >= 15 is 0 Å². The second-order valence-corrected chi connectivity index (χ2v) is 6.33. The highest BCUT2D eigenvalue weighted by Crippen LogP contribution is 2.41. The number of rotatable bonds is 1. The zero-order valence-electron chi connectivity index (χ0n) is 12.2. The van der Waals surface area contributed by atoms with Crippen LogP contribution in [0, 0.1) is 0 Å². The molecule has 0 radical (unpaired) electrons. The number of morpholine rings is 1. The molecule has 4 nitrogen and oxygen atoms in total. The minimum atomic E-state index is -0.855. The maximum Gasteiger partial charge on any atom is 0.110 e. The molecule has 2 aliphatic rings. The first-order chi connectivity index (χ1) is 10.2. The summed E-state index contributed by atoms with van der Waals surface area (Å²) in [7, 11) is 2.13. The van der Waals surface area contributed by atoms with E-state index in [4.69, 9.17) is 4.74 Å². The molecule has 21 heavy (non-hydrogen) atoms. The lowest BCUT2D eigenvalue weighted by Gasteiger charge is -2.50. The van der Waals surface area contributed by atoms with E-state index < -0.39 is 5.60 Å². The molecule has 1 aromatic heterocycles. The minimum Gasteiger partial charge on any atom is -0.383 e. The van der Waals surface area contributed by atoms with E-state index in [1.54, 1.807) is 6.20 Å². The van der Waals surface area contributed by atoms with Crippen LogP contribution < -0.4 is 0 Å². The van der Waals surface area contributed by atoms with Gasteiger partial charge in [-0.05, 0) is 31.3 Å². The molecule has 4 heteroatoms. The van der Waals surface area contributed by atoms with Crippen LogP contribution >= 0.6 is 0 Å². The molecule has 2 atom stereocenters. The Bertz CT molecular complexity index is 653. The zero-order chi connectivity index (χ0) is 14.4. The number of aliphatic hydroxyl groups is 1. The standard InChI is InChI=1S/C17H20N2O2/c1-19-13-8-17(20,9-14(19)11-21-10-13)16-15-5-3-2-4-12(15)6-7-18-16/h2-7,13-14,20H,8-11H2,1H3. The Balaban J connectivity index is 1.81. The van der Waals surface area contributed by atoms with Crippen molar-refractivity contribution in [1.82, 2.24) is 9.88 Å². The predicted molar refractivity (Wildman–Crippen MR) is 81.0 cm³/mol. The van der Waals surface area contributed by atoms with Gasteiger partial charge in [0.2, 0.25) is 0 Å². The number of aromatic nitrogens is 1. The van der Waals surface area contributed by atoms with Crippen molar-refractivity contribution in [3.05, 3.63) is 42.2 Å². The smallest absolute Gasteiger partial charge is 0.110 e. The molecule has 4 rings (SSSR count). The molecule has 2 fully saturated rings. The number of likely N-dealkylation sites (N-methyl/N-ethyl adjacent to an activating group) is 1. The molecule has 110 valence electrons.